The number of carbonyl (C=O) groups is 1. The van der Waals surface area contributed by atoms with Crippen molar-refractivity contribution in [3.63, 3.8) is 0 Å². The number of hydrogen-bond donors (Lipinski definition) is 0. The number of carbonyl (C=O) groups excluding carboxylic acids is 1. The predicted octanol–water partition coefficient (Wildman–Crippen LogP) is 1.72. The van der Waals surface area contributed by atoms with Crippen molar-refractivity contribution in [3.8, 4) is 0 Å². The molecule has 2 rings (SSSR count). The van der Waals surface area contributed by atoms with Crippen molar-refractivity contribution in [1.82, 2.24) is 14.7 Å². The number of hydrogen-bond acceptors (Lipinski definition) is 4. The van der Waals surface area contributed by atoms with E-state index >= 15 is 0 Å². The van der Waals surface area contributed by atoms with Crippen molar-refractivity contribution >= 4 is 17.2 Å². The molecule has 1 aromatic heterocycles. The van der Waals surface area contributed by atoms with Gasteiger partial charge >= 0.3 is 0 Å². The van der Waals surface area contributed by atoms with Crippen molar-refractivity contribution in [3.05, 3.63) is 21.9 Å². The highest BCUT2D eigenvalue weighted by atomic mass is 32.1. The molecule has 0 saturated carbocycles. The summed E-state index contributed by atoms with van der Waals surface area (Å²) < 4.78 is 0. The third kappa shape index (κ3) is 4.30. The number of amides is 1. The van der Waals surface area contributed by atoms with Gasteiger partial charge in [-0.25, -0.2) is 0 Å². The van der Waals surface area contributed by atoms with Gasteiger partial charge in [0.2, 0.25) is 5.91 Å². The van der Waals surface area contributed by atoms with E-state index in [0.717, 1.165) is 26.2 Å². The zero-order valence-corrected chi connectivity index (χ0v) is 13.7. The van der Waals surface area contributed by atoms with Crippen LogP contribution in [0.2, 0.25) is 0 Å². The van der Waals surface area contributed by atoms with Crippen LogP contribution in [0, 0.1) is 5.92 Å². The van der Waals surface area contributed by atoms with Gasteiger partial charge in [-0.05, 0) is 44.1 Å². The minimum Gasteiger partial charge on any atom is -0.345 e. The van der Waals surface area contributed by atoms with Gasteiger partial charge in [0.25, 0.3) is 0 Å². The van der Waals surface area contributed by atoms with Crippen LogP contribution in [0.5, 0.6) is 0 Å². The first-order chi connectivity index (χ1) is 9.44. The summed E-state index contributed by atoms with van der Waals surface area (Å²) in [7, 11) is 8.23. The van der Waals surface area contributed by atoms with Gasteiger partial charge in [-0.2, -0.15) is 0 Å². The molecule has 1 amide bonds. The van der Waals surface area contributed by atoms with Crippen molar-refractivity contribution in [1.29, 1.82) is 0 Å². The Morgan fingerprint density at radius 3 is 2.70 bits per heavy atom. The molecule has 112 valence electrons. The van der Waals surface area contributed by atoms with Crippen molar-refractivity contribution in [2.45, 2.75) is 19.5 Å². The summed E-state index contributed by atoms with van der Waals surface area (Å²) in [4.78, 5) is 19.3. The van der Waals surface area contributed by atoms with Gasteiger partial charge in [-0.15, -0.1) is 11.3 Å². The first-order valence-corrected chi connectivity index (χ1v) is 7.95. The molecule has 1 aliphatic rings. The van der Waals surface area contributed by atoms with Gasteiger partial charge in [0.15, 0.2) is 0 Å². The first kappa shape index (κ1) is 15.5. The molecule has 0 radical (unpaired) electrons. The van der Waals surface area contributed by atoms with E-state index in [9.17, 15) is 4.79 Å². The molecule has 4 nitrogen and oxygen atoms in total. The van der Waals surface area contributed by atoms with Crippen LogP contribution >= 0.6 is 11.3 Å². The summed E-state index contributed by atoms with van der Waals surface area (Å²) >= 11 is 1.83. The molecule has 0 N–H and O–H groups in total. The molecule has 0 spiro atoms. The van der Waals surface area contributed by atoms with Crippen molar-refractivity contribution in [2.24, 2.45) is 5.92 Å². The maximum atomic E-state index is 11.5. The molecule has 0 bridgehead atoms. The molecule has 1 aliphatic heterocycles. The molecular formula is C15H25N3OS. The molecule has 5 heteroatoms. The summed E-state index contributed by atoms with van der Waals surface area (Å²) in [5, 5.41) is 2.25. The highest BCUT2D eigenvalue weighted by molar-refractivity contribution is 7.10. The first-order valence-electron chi connectivity index (χ1n) is 7.07. The van der Waals surface area contributed by atoms with Crippen molar-refractivity contribution < 1.29 is 4.79 Å². The molecular weight excluding hydrogens is 270 g/mol. The molecule has 2 heterocycles. The summed E-state index contributed by atoms with van der Waals surface area (Å²) in [5.74, 6) is 0.770. The lowest BCUT2D eigenvalue weighted by Crippen LogP contribution is -2.26. The Labute approximate surface area is 126 Å². The summed E-state index contributed by atoms with van der Waals surface area (Å²) in [6.45, 7) is 3.88. The predicted molar refractivity (Wildman–Crippen MR) is 83.8 cm³/mol. The topological polar surface area (TPSA) is 26.8 Å². The molecule has 1 unspecified atom stereocenters. The van der Waals surface area contributed by atoms with Crippen LogP contribution in [0.15, 0.2) is 11.4 Å². The van der Waals surface area contributed by atoms with Gasteiger partial charge in [0, 0.05) is 44.5 Å². The Balaban J connectivity index is 1.81. The lowest BCUT2D eigenvalue weighted by Gasteiger charge is -2.19. The molecule has 20 heavy (non-hydrogen) atoms. The van der Waals surface area contributed by atoms with Crippen LogP contribution in [0.25, 0.3) is 0 Å². The molecule has 1 fully saturated rings. The maximum Gasteiger partial charge on any atom is 0.222 e. The number of thiophene rings is 1. The molecule has 0 aromatic carbocycles. The fourth-order valence-electron chi connectivity index (χ4n) is 2.81. The Bertz CT molecular complexity index is 458. The number of likely N-dealkylation sites (tertiary alicyclic amines) is 1. The Kier molecular flexibility index (Phi) is 5.18. The second-order valence-corrected chi connectivity index (χ2v) is 7.20. The quantitative estimate of drug-likeness (QED) is 0.799. The highest BCUT2D eigenvalue weighted by Gasteiger charge is 2.27. The Hall–Kier alpha value is -0.910. The summed E-state index contributed by atoms with van der Waals surface area (Å²) in [5.41, 5.74) is 1.39. The second kappa shape index (κ2) is 6.70. The smallest absolute Gasteiger partial charge is 0.222 e. The van der Waals surface area contributed by atoms with Crippen LogP contribution in [0.4, 0.5) is 0 Å². The Morgan fingerprint density at radius 2 is 2.10 bits per heavy atom. The third-order valence-corrected chi connectivity index (χ3v) is 4.59. The van der Waals surface area contributed by atoms with Gasteiger partial charge in [0.1, 0.15) is 0 Å². The molecule has 1 atom stereocenters. The average Bonchev–Trinajstić information content (AvgIpc) is 2.86. The van der Waals surface area contributed by atoms with E-state index < -0.39 is 0 Å². The molecule has 0 aliphatic carbocycles. The van der Waals surface area contributed by atoms with E-state index in [-0.39, 0.29) is 5.91 Å². The second-order valence-electron chi connectivity index (χ2n) is 6.20. The fraction of sp³-hybridized carbons (Fsp3) is 0.667. The van der Waals surface area contributed by atoms with Gasteiger partial charge < -0.3 is 14.7 Å². The minimum absolute atomic E-state index is 0.285. The van der Waals surface area contributed by atoms with E-state index in [1.54, 1.807) is 0 Å². The largest absolute Gasteiger partial charge is 0.345 e. The van der Waals surface area contributed by atoms with Crippen LogP contribution in [-0.4, -0.2) is 61.9 Å². The lowest BCUT2D eigenvalue weighted by atomic mass is 10.1. The molecule has 1 aromatic rings. The number of rotatable bonds is 6. The summed E-state index contributed by atoms with van der Waals surface area (Å²) in [6.07, 6.45) is 0.706. The zero-order chi connectivity index (χ0) is 14.7. The molecule has 1 saturated heterocycles. The van der Waals surface area contributed by atoms with E-state index in [0.29, 0.717) is 12.3 Å². The van der Waals surface area contributed by atoms with Crippen molar-refractivity contribution in [2.75, 3.05) is 41.3 Å². The Morgan fingerprint density at radius 1 is 1.35 bits per heavy atom. The van der Waals surface area contributed by atoms with Gasteiger partial charge in [-0.3, -0.25) is 4.79 Å². The van der Waals surface area contributed by atoms with Crippen LogP contribution in [-0.2, 0) is 17.9 Å². The van der Waals surface area contributed by atoms with Crippen LogP contribution in [0.3, 0.4) is 0 Å². The highest BCUT2D eigenvalue weighted by Crippen LogP contribution is 2.20. The zero-order valence-electron chi connectivity index (χ0n) is 12.9. The van der Waals surface area contributed by atoms with E-state index in [2.05, 4.69) is 42.4 Å². The van der Waals surface area contributed by atoms with Crippen LogP contribution < -0.4 is 0 Å². The average molecular weight is 295 g/mol. The standard InChI is InChI=1S/C15H25N3OS/c1-16(2)7-13-5-14(20-11-13)10-17(3)8-12-6-15(19)18(4)9-12/h5,11-12H,6-10H2,1-4H3. The lowest BCUT2D eigenvalue weighted by molar-refractivity contribution is -0.126. The third-order valence-electron chi connectivity index (χ3n) is 3.62. The van der Waals surface area contributed by atoms with E-state index in [1.807, 2.05) is 23.3 Å². The van der Waals surface area contributed by atoms with E-state index in [4.69, 9.17) is 0 Å². The van der Waals surface area contributed by atoms with Crippen LogP contribution in [0.1, 0.15) is 16.9 Å². The minimum atomic E-state index is 0.285. The maximum absolute atomic E-state index is 11.5. The van der Waals surface area contributed by atoms with Gasteiger partial charge in [-0.1, -0.05) is 0 Å². The summed E-state index contributed by atoms with van der Waals surface area (Å²) in [6, 6.07) is 2.30. The van der Waals surface area contributed by atoms with Gasteiger partial charge in [0.05, 0.1) is 0 Å². The SMILES string of the molecule is CN(C)Cc1csc(CN(C)CC2CC(=O)N(C)C2)c1. The fourth-order valence-corrected chi connectivity index (χ4v) is 3.77. The normalized spacial score (nSPS) is 19.6. The monoisotopic (exact) mass is 295 g/mol. The number of nitrogens with zero attached hydrogens (tertiary/aromatic N) is 3. The van der Waals surface area contributed by atoms with E-state index in [1.165, 1.54) is 10.4 Å².